The molecule has 0 amide bonds. The van der Waals surface area contributed by atoms with Crippen molar-refractivity contribution in [3.05, 3.63) is 0 Å². The third kappa shape index (κ3) is 7.15. The van der Waals surface area contributed by atoms with Gasteiger partial charge in [-0.3, -0.25) is 4.79 Å². The van der Waals surface area contributed by atoms with Crippen LogP contribution in [0.15, 0.2) is 0 Å². The molecule has 0 aromatic rings. The van der Waals surface area contributed by atoms with Crippen LogP contribution in [0.2, 0.25) is 0 Å². The first-order valence-corrected chi connectivity index (χ1v) is 9.92. The highest BCUT2D eigenvalue weighted by Gasteiger charge is 2.44. The van der Waals surface area contributed by atoms with Crippen LogP contribution in [0.25, 0.3) is 0 Å². The molecule has 22 heavy (non-hydrogen) atoms. The number of rotatable bonds is 14. The van der Waals surface area contributed by atoms with Gasteiger partial charge in [-0.1, -0.05) is 64.7 Å². The first-order valence-electron chi connectivity index (χ1n) is 9.92. The topological polar surface area (TPSA) is 37.3 Å². The molecule has 2 nitrogen and oxygen atoms in total. The van der Waals surface area contributed by atoms with E-state index in [1.54, 1.807) is 6.42 Å². The molecule has 2 rings (SSSR count). The molecule has 2 heteroatoms. The van der Waals surface area contributed by atoms with E-state index in [9.17, 15) is 4.79 Å². The Morgan fingerprint density at radius 1 is 0.818 bits per heavy atom. The molecule has 128 valence electrons. The minimum atomic E-state index is -0.645. The lowest BCUT2D eigenvalue weighted by atomic mass is 10.0. The third-order valence-corrected chi connectivity index (χ3v) is 5.89. The summed E-state index contributed by atoms with van der Waals surface area (Å²) >= 11 is 0. The van der Waals surface area contributed by atoms with Crippen LogP contribution >= 0.6 is 0 Å². The summed E-state index contributed by atoms with van der Waals surface area (Å²) in [6.07, 6.45) is 18.0. The molecule has 0 radical (unpaired) electrons. The smallest absolute Gasteiger partial charge is 0.303 e. The molecule has 0 spiro atoms. The van der Waals surface area contributed by atoms with Crippen LogP contribution in [-0.4, -0.2) is 11.1 Å². The van der Waals surface area contributed by atoms with Gasteiger partial charge in [0.2, 0.25) is 0 Å². The van der Waals surface area contributed by atoms with Gasteiger partial charge in [-0.05, 0) is 49.4 Å². The van der Waals surface area contributed by atoms with Crippen molar-refractivity contribution in [2.45, 2.75) is 96.8 Å². The highest BCUT2D eigenvalue weighted by molar-refractivity contribution is 5.66. The van der Waals surface area contributed by atoms with Crippen molar-refractivity contribution in [3.63, 3.8) is 0 Å². The minimum absolute atomic E-state index is 0.353. The zero-order chi connectivity index (χ0) is 15.8. The summed E-state index contributed by atoms with van der Waals surface area (Å²) in [6, 6.07) is 0. The Morgan fingerprint density at radius 3 is 1.95 bits per heavy atom. The maximum absolute atomic E-state index is 10.4. The van der Waals surface area contributed by atoms with E-state index in [-0.39, 0.29) is 0 Å². The number of carboxylic acid groups (broad SMARTS) is 1. The van der Waals surface area contributed by atoms with Gasteiger partial charge in [-0.2, -0.15) is 0 Å². The number of carbonyl (C=O) groups is 1. The fraction of sp³-hybridized carbons (Fsp3) is 0.950. The van der Waals surface area contributed by atoms with Crippen LogP contribution in [0.1, 0.15) is 96.8 Å². The second-order valence-electron chi connectivity index (χ2n) is 7.94. The van der Waals surface area contributed by atoms with Gasteiger partial charge >= 0.3 is 5.97 Å². The minimum Gasteiger partial charge on any atom is -0.481 e. The molecule has 2 aliphatic carbocycles. The number of unbranched alkanes of at least 4 members (excludes halogenated alkanes) is 6. The zero-order valence-electron chi connectivity index (χ0n) is 14.6. The molecule has 0 aromatic carbocycles. The Kier molecular flexibility index (Phi) is 7.75. The summed E-state index contributed by atoms with van der Waals surface area (Å²) in [4.78, 5) is 10.4. The van der Waals surface area contributed by atoms with Gasteiger partial charge in [-0.25, -0.2) is 0 Å². The van der Waals surface area contributed by atoms with Crippen molar-refractivity contribution < 1.29 is 9.90 Å². The molecule has 0 saturated heterocycles. The third-order valence-electron chi connectivity index (χ3n) is 5.89. The lowest BCUT2D eigenvalue weighted by molar-refractivity contribution is -0.137. The summed E-state index contributed by atoms with van der Waals surface area (Å²) < 4.78 is 0. The molecule has 2 fully saturated rings. The van der Waals surface area contributed by atoms with Crippen LogP contribution in [0.4, 0.5) is 0 Å². The number of hydrogen-bond acceptors (Lipinski definition) is 1. The van der Waals surface area contributed by atoms with Crippen molar-refractivity contribution in [3.8, 4) is 0 Å². The van der Waals surface area contributed by atoms with Gasteiger partial charge in [0.25, 0.3) is 0 Å². The number of carboxylic acids is 1. The van der Waals surface area contributed by atoms with E-state index < -0.39 is 5.97 Å². The molecule has 4 atom stereocenters. The monoisotopic (exact) mass is 308 g/mol. The van der Waals surface area contributed by atoms with E-state index in [1.165, 1.54) is 64.2 Å². The summed E-state index contributed by atoms with van der Waals surface area (Å²) in [7, 11) is 0. The van der Waals surface area contributed by atoms with Crippen LogP contribution in [-0.2, 0) is 4.79 Å². The predicted molar refractivity (Wildman–Crippen MR) is 91.9 cm³/mol. The summed E-state index contributed by atoms with van der Waals surface area (Å²) in [6.45, 7) is 2.30. The molecule has 0 aliphatic heterocycles. The number of aliphatic carboxylic acids is 1. The average molecular weight is 309 g/mol. The second kappa shape index (κ2) is 9.57. The van der Waals surface area contributed by atoms with Gasteiger partial charge in [0.1, 0.15) is 0 Å². The van der Waals surface area contributed by atoms with Crippen LogP contribution in [0.3, 0.4) is 0 Å². The van der Waals surface area contributed by atoms with E-state index in [4.69, 9.17) is 5.11 Å². The Balaban J connectivity index is 1.36. The Morgan fingerprint density at radius 2 is 1.36 bits per heavy atom. The van der Waals surface area contributed by atoms with E-state index >= 15 is 0 Å². The first kappa shape index (κ1) is 17.8. The fourth-order valence-corrected chi connectivity index (χ4v) is 4.16. The predicted octanol–water partition coefficient (Wildman–Crippen LogP) is 6.04. The van der Waals surface area contributed by atoms with Crippen LogP contribution in [0.5, 0.6) is 0 Å². The first-order chi connectivity index (χ1) is 10.7. The summed E-state index contributed by atoms with van der Waals surface area (Å²) in [5.74, 6) is 3.68. The van der Waals surface area contributed by atoms with Crippen molar-refractivity contribution in [1.82, 2.24) is 0 Å². The molecule has 2 saturated carbocycles. The number of hydrogen-bond donors (Lipinski definition) is 1. The van der Waals surface area contributed by atoms with E-state index in [2.05, 4.69) is 6.92 Å². The summed E-state index contributed by atoms with van der Waals surface area (Å²) in [5, 5.41) is 8.58. The molecule has 0 heterocycles. The summed E-state index contributed by atoms with van der Waals surface area (Å²) in [5.41, 5.74) is 0. The van der Waals surface area contributed by atoms with E-state index in [0.717, 1.165) is 36.5 Å². The van der Waals surface area contributed by atoms with Gasteiger partial charge in [-0.15, -0.1) is 0 Å². The Bertz CT molecular complexity index is 326. The highest BCUT2D eigenvalue weighted by atomic mass is 16.4. The molecule has 0 aromatic heterocycles. The molecule has 1 N–H and O–H groups in total. The van der Waals surface area contributed by atoms with Gasteiger partial charge in [0.15, 0.2) is 0 Å². The molecule has 3 unspecified atom stereocenters. The van der Waals surface area contributed by atoms with Crippen molar-refractivity contribution in [1.29, 1.82) is 0 Å². The fourth-order valence-electron chi connectivity index (χ4n) is 4.16. The van der Waals surface area contributed by atoms with Gasteiger partial charge < -0.3 is 5.11 Å². The van der Waals surface area contributed by atoms with Crippen LogP contribution < -0.4 is 0 Å². The Hall–Kier alpha value is -0.530. The maximum Gasteiger partial charge on any atom is 0.303 e. The second-order valence-corrected chi connectivity index (χ2v) is 7.94. The lowest BCUT2D eigenvalue weighted by Crippen LogP contribution is -1.93. The maximum atomic E-state index is 10.4. The normalized spacial score (nSPS) is 29.5. The van der Waals surface area contributed by atoms with E-state index in [1.807, 2.05) is 0 Å². The molecular weight excluding hydrogens is 272 g/mol. The molecular formula is C20H36O2. The zero-order valence-corrected chi connectivity index (χ0v) is 14.6. The average Bonchev–Trinajstić information content (AvgIpc) is 3.38. The van der Waals surface area contributed by atoms with Crippen molar-refractivity contribution in [2.24, 2.45) is 23.7 Å². The van der Waals surface area contributed by atoms with Crippen molar-refractivity contribution >= 4 is 5.97 Å². The molecule has 2 aliphatic rings. The molecule has 0 bridgehead atoms. The quantitative estimate of drug-likeness (QED) is 0.397. The standard InChI is InChI=1S/C20H36O2/c1-2-3-7-10-16-13-18(16)15-19-14-17(19)11-8-5-4-6-9-12-20(21)22/h16-19H,2-15H2,1H3,(H,21,22)/t16?,17?,18?,19-/m0/s1. The largest absolute Gasteiger partial charge is 0.481 e. The van der Waals surface area contributed by atoms with Gasteiger partial charge in [0.05, 0.1) is 0 Å². The van der Waals surface area contributed by atoms with Crippen molar-refractivity contribution in [2.75, 3.05) is 0 Å². The van der Waals surface area contributed by atoms with Crippen LogP contribution in [0, 0.1) is 23.7 Å². The highest BCUT2D eigenvalue weighted by Crippen LogP contribution is 2.54. The van der Waals surface area contributed by atoms with Gasteiger partial charge in [0, 0.05) is 6.42 Å². The van der Waals surface area contributed by atoms with E-state index in [0.29, 0.717) is 6.42 Å². The SMILES string of the molecule is CCCCCC1CC1C[C@@H]1CC1CCCCCCCC(=O)O. The lowest BCUT2D eigenvalue weighted by Gasteiger charge is -2.02. The Labute approximate surface area is 137 Å².